The molecule has 0 radical (unpaired) electrons. The van der Waals surface area contributed by atoms with Crippen LogP contribution >= 0.6 is 0 Å². The van der Waals surface area contributed by atoms with E-state index in [1.54, 1.807) is 0 Å². The van der Waals surface area contributed by atoms with Crippen molar-refractivity contribution in [1.82, 2.24) is 5.32 Å². The highest BCUT2D eigenvalue weighted by atomic mass is 16.5. The quantitative estimate of drug-likeness (QED) is 0.184. The van der Waals surface area contributed by atoms with E-state index in [2.05, 4.69) is 60.4 Å². The van der Waals surface area contributed by atoms with Gasteiger partial charge in [0.2, 0.25) is 5.91 Å². The van der Waals surface area contributed by atoms with Crippen molar-refractivity contribution in [1.29, 1.82) is 0 Å². The number of hydrogen-bond acceptors (Lipinski definition) is 4. The molecule has 0 aromatic rings. The second-order valence-corrected chi connectivity index (χ2v) is 21.5. The summed E-state index contributed by atoms with van der Waals surface area (Å²) < 4.78 is 6.29. The van der Waals surface area contributed by atoms with Crippen LogP contribution in [0.25, 0.3) is 0 Å². The minimum Gasteiger partial charge on any atom is -0.481 e. The third-order valence-electron chi connectivity index (χ3n) is 17.6. The van der Waals surface area contributed by atoms with Gasteiger partial charge in [-0.15, -0.1) is 0 Å². The molecule has 0 bridgehead atoms. The number of allylic oxidation sites excluding steroid dienone is 1. The summed E-state index contributed by atoms with van der Waals surface area (Å²) in [5.41, 5.74) is 1.25. The van der Waals surface area contributed by atoms with E-state index >= 15 is 0 Å². The molecule has 0 saturated heterocycles. The predicted octanol–water partition coefficient (Wildman–Crippen LogP) is 10.5. The summed E-state index contributed by atoms with van der Waals surface area (Å²) in [6, 6.07) is 0.354. The largest absolute Gasteiger partial charge is 0.481 e. The number of esters is 1. The van der Waals surface area contributed by atoms with Crippen LogP contribution in [0.4, 0.5) is 0 Å². The Morgan fingerprint density at radius 1 is 0.804 bits per heavy atom. The molecule has 1 amide bonds. The first-order valence-corrected chi connectivity index (χ1v) is 21.0. The van der Waals surface area contributed by atoms with Crippen LogP contribution in [0, 0.1) is 68.0 Å². The van der Waals surface area contributed by atoms with Crippen molar-refractivity contribution < 1.29 is 24.2 Å². The fourth-order valence-corrected chi connectivity index (χ4v) is 14.8. The molecule has 0 unspecified atom stereocenters. The van der Waals surface area contributed by atoms with Crippen LogP contribution in [-0.4, -0.2) is 35.1 Å². The zero-order valence-electron chi connectivity index (χ0n) is 33.9. The first kappa shape index (κ1) is 38.9. The van der Waals surface area contributed by atoms with Gasteiger partial charge in [-0.05, 0) is 159 Å². The average Bonchev–Trinajstić information content (AvgIpc) is 3.38. The maximum Gasteiger partial charge on any atom is 0.306 e. The Kier molecular flexibility index (Phi) is 10.3. The first-order chi connectivity index (χ1) is 23.7. The van der Waals surface area contributed by atoms with Crippen LogP contribution in [-0.2, 0) is 19.1 Å². The number of rotatable bonds is 9. The van der Waals surface area contributed by atoms with Gasteiger partial charge in [-0.2, -0.15) is 0 Å². The molecular formula is C45H73NO5. The normalized spacial score (nSPS) is 44.6. The molecule has 6 fully saturated rings. The van der Waals surface area contributed by atoms with E-state index in [1.165, 1.54) is 56.9 Å². The molecule has 51 heavy (non-hydrogen) atoms. The van der Waals surface area contributed by atoms with E-state index in [1.807, 2.05) is 13.8 Å². The maximum atomic E-state index is 13.9. The minimum atomic E-state index is -0.878. The number of carbonyl (C=O) groups excluding carboxylic acids is 2. The van der Waals surface area contributed by atoms with Gasteiger partial charge in [-0.1, -0.05) is 67.5 Å². The van der Waals surface area contributed by atoms with Gasteiger partial charge in [-0.25, -0.2) is 0 Å². The molecular weight excluding hydrogens is 634 g/mol. The summed E-state index contributed by atoms with van der Waals surface area (Å²) in [7, 11) is 0. The van der Waals surface area contributed by atoms with Crippen LogP contribution in [0.2, 0.25) is 0 Å². The Labute approximate surface area is 310 Å². The monoisotopic (exact) mass is 708 g/mol. The summed E-state index contributed by atoms with van der Waals surface area (Å²) in [5.74, 6) is 2.69. The third-order valence-corrected chi connectivity index (χ3v) is 17.6. The van der Waals surface area contributed by atoms with Crippen molar-refractivity contribution >= 4 is 17.8 Å². The maximum absolute atomic E-state index is 13.9. The number of hydrogen-bond donors (Lipinski definition) is 2. The first-order valence-electron chi connectivity index (χ1n) is 21.0. The average molecular weight is 708 g/mol. The van der Waals surface area contributed by atoms with E-state index in [4.69, 9.17) is 4.74 Å². The number of nitrogens with one attached hydrogen (secondary N) is 1. The van der Waals surface area contributed by atoms with Crippen molar-refractivity contribution in [3.8, 4) is 0 Å². The van der Waals surface area contributed by atoms with Gasteiger partial charge in [0.05, 0.1) is 12.8 Å². The highest BCUT2D eigenvalue weighted by molar-refractivity contribution is 5.77. The molecule has 6 aliphatic rings. The topological polar surface area (TPSA) is 92.7 Å². The lowest BCUT2D eigenvalue weighted by Crippen LogP contribution is -2.67. The summed E-state index contributed by atoms with van der Waals surface area (Å²) >= 11 is 0. The molecule has 2 N–H and O–H groups in total. The summed E-state index contributed by atoms with van der Waals surface area (Å²) in [6.45, 7) is 25.5. The number of carboxylic acid groups (broad SMARTS) is 1. The lowest BCUT2D eigenvalue weighted by Gasteiger charge is -2.73. The van der Waals surface area contributed by atoms with Crippen molar-refractivity contribution in [2.75, 3.05) is 0 Å². The van der Waals surface area contributed by atoms with Crippen LogP contribution in [0.15, 0.2) is 12.2 Å². The van der Waals surface area contributed by atoms with Gasteiger partial charge in [0.15, 0.2) is 0 Å². The molecule has 0 aliphatic heterocycles. The summed E-state index contributed by atoms with van der Waals surface area (Å²) in [6.07, 6.45) is 16.9. The molecule has 0 spiro atoms. The molecule has 6 rings (SSSR count). The van der Waals surface area contributed by atoms with Crippen LogP contribution in [0.1, 0.15) is 171 Å². The number of amides is 1. The molecule has 288 valence electrons. The Balaban J connectivity index is 1.21. The molecule has 10 atom stereocenters. The Morgan fingerprint density at radius 2 is 1.49 bits per heavy atom. The van der Waals surface area contributed by atoms with Crippen molar-refractivity contribution in [3.05, 3.63) is 12.2 Å². The van der Waals surface area contributed by atoms with Crippen molar-refractivity contribution in [2.45, 2.75) is 184 Å². The predicted molar refractivity (Wildman–Crippen MR) is 204 cm³/mol. The minimum absolute atomic E-state index is 0.0426. The van der Waals surface area contributed by atoms with E-state index < -0.39 is 11.4 Å². The second-order valence-electron chi connectivity index (χ2n) is 21.5. The van der Waals surface area contributed by atoms with Crippen LogP contribution in [0.5, 0.6) is 0 Å². The van der Waals surface area contributed by atoms with Gasteiger partial charge in [0, 0.05) is 17.9 Å². The molecule has 6 heteroatoms. The smallest absolute Gasteiger partial charge is 0.306 e. The van der Waals surface area contributed by atoms with E-state index in [-0.39, 0.29) is 52.0 Å². The van der Waals surface area contributed by atoms with Crippen LogP contribution < -0.4 is 5.32 Å². The molecule has 6 aliphatic carbocycles. The molecule has 0 aromatic carbocycles. The highest BCUT2D eigenvalue weighted by Gasteiger charge is 2.71. The van der Waals surface area contributed by atoms with E-state index in [0.717, 1.165) is 44.4 Å². The third kappa shape index (κ3) is 6.65. The van der Waals surface area contributed by atoms with Crippen LogP contribution in [0.3, 0.4) is 0 Å². The standard InChI is InChI=1S/C45H73NO5/c1-28(2)31-17-22-45(25-36(47)46-30-13-11-29(3)12-14-30)24-23-43(9)32(39(31)45)15-16-34-42(8)20-19-35(41(6,7)33(42)18-21-44(34,43)10)51-38(50)27-40(4,5)26-37(48)49/h29-35,39H,1,11-27H2,2-10H3,(H,46,47)(H,48,49)/t29-,30-,31-,32+,33-,34+,35-,39+,42-,43+,44+,45+/m0/s1. The lowest BCUT2D eigenvalue weighted by molar-refractivity contribution is -0.250. The van der Waals surface area contributed by atoms with E-state index in [0.29, 0.717) is 48.0 Å². The number of carbonyl (C=O) groups is 3. The number of fused-ring (bicyclic) bond motifs is 7. The van der Waals surface area contributed by atoms with Gasteiger partial charge in [-0.3, -0.25) is 14.4 Å². The Hall–Kier alpha value is -1.85. The van der Waals surface area contributed by atoms with Gasteiger partial charge in [0.1, 0.15) is 6.10 Å². The Morgan fingerprint density at radius 3 is 2.14 bits per heavy atom. The molecule has 0 aromatic heterocycles. The fraction of sp³-hybridized carbons (Fsp3) is 0.889. The molecule has 0 heterocycles. The molecule has 6 nitrogen and oxygen atoms in total. The zero-order chi connectivity index (χ0) is 37.4. The van der Waals surface area contributed by atoms with Gasteiger partial charge >= 0.3 is 11.9 Å². The number of carboxylic acids is 1. The Bertz CT molecular complexity index is 1380. The fourth-order valence-electron chi connectivity index (χ4n) is 14.8. The van der Waals surface area contributed by atoms with Gasteiger partial charge < -0.3 is 15.2 Å². The summed E-state index contributed by atoms with van der Waals surface area (Å²) in [5, 5.41) is 12.9. The van der Waals surface area contributed by atoms with Gasteiger partial charge in [0.25, 0.3) is 0 Å². The summed E-state index contributed by atoms with van der Waals surface area (Å²) in [4.78, 5) is 38.5. The van der Waals surface area contributed by atoms with Crippen molar-refractivity contribution in [3.63, 3.8) is 0 Å². The highest BCUT2D eigenvalue weighted by Crippen LogP contribution is 2.78. The second kappa shape index (κ2) is 13.5. The van der Waals surface area contributed by atoms with Crippen molar-refractivity contribution in [2.24, 2.45) is 68.0 Å². The lowest BCUT2D eigenvalue weighted by atomic mass is 9.32. The zero-order valence-corrected chi connectivity index (χ0v) is 33.9. The number of aliphatic carboxylic acids is 1. The van der Waals surface area contributed by atoms with E-state index in [9.17, 15) is 19.5 Å². The SMILES string of the molecule is C=C(C)[C@@H]1CC[C@]2(CC(=O)N[C@H]3CC[C@H](C)CC3)CC[C@]3(C)[C@H](CC[C@@H]4[C@@]5(C)CC[C@H](OC(=O)CC(C)(C)CC(=O)O)C(C)(C)[C@@H]5CC[C@]43C)[C@@H]12. The molecule has 6 saturated carbocycles. The number of ether oxygens (including phenoxy) is 1.